The summed E-state index contributed by atoms with van der Waals surface area (Å²) >= 11 is 3.19. The number of piperidine rings is 1. The number of carbonyl (C=O) groups excluding carboxylic acids is 1. The van der Waals surface area contributed by atoms with Crippen LogP contribution in [0.1, 0.15) is 19.8 Å². The summed E-state index contributed by atoms with van der Waals surface area (Å²) < 4.78 is 14.2. The van der Waals surface area contributed by atoms with E-state index in [-0.39, 0.29) is 11.6 Å². The first kappa shape index (κ1) is 14.5. The van der Waals surface area contributed by atoms with Gasteiger partial charge in [-0.05, 0) is 50.0 Å². The van der Waals surface area contributed by atoms with E-state index in [1.807, 2.05) is 0 Å². The molecule has 0 atom stereocenters. The van der Waals surface area contributed by atoms with E-state index in [1.165, 1.54) is 6.07 Å². The van der Waals surface area contributed by atoms with Gasteiger partial charge in [-0.1, -0.05) is 22.9 Å². The maximum absolute atomic E-state index is 13.6. The van der Waals surface area contributed by atoms with E-state index in [0.717, 1.165) is 31.8 Å². The van der Waals surface area contributed by atoms with Gasteiger partial charge in [0.25, 0.3) is 0 Å². The van der Waals surface area contributed by atoms with E-state index in [9.17, 15) is 9.18 Å². The average Bonchev–Trinajstić information content (AvgIpc) is 2.36. The third-order valence-electron chi connectivity index (χ3n) is 3.45. The molecule has 1 aliphatic rings. The Labute approximate surface area is 121 Å². The van der Waals surface area contributed by atoms with E-state index in [2.05, 4.69) is 33.1 Å². The van der Waals surface area contributed by atoms with Crippen molar-refractivity contribution in [2.75, 3.05) is 25.0 Å². The molecule has 0 unspecified atom stereocenters. The summed E-state index contributed by atoms with van der Waals surface area (Å²) in [4.78, 5) is 14.0. The first-order valence-electron chi connectivity index (χ1n) is 6.52. The lowest BCUT2D eigenvalue weighted by Gasteiger charge is -2.29. The van der Waals surface area contributed by atoms with E-state index >= 15 is 0 Å². The zero-order valence-electron chi connectivity index (χ0n) is 11.0. The molecule has 0 saturated carbocycles. The summed E-state index contributed by atoms with van der Waals surface area (Å²) in [7, 11) is 0. The molecule has 104 valence electrons. The van der Waals surface area contributed by atoms with Crippen LogP contribution in [0.3, 0.4) is 0 Å². The second kappa shape index (κ2) is 6.48. The van der Waals surface area contributed by atoms with Gasteiger partial charge in [0.1, 0.15) is 5.82 Å². The first-order chi connectivity index (χ1) is 9.04. The van der Waals surface area contributed by atoms with Gasteiger partial charge in [0, 0.05) is 4.47 Å². The highest BCUT2D eigenvalue weighted by Gasteiger charge is 2.18. The molecule has 3 nitrogen and oxygen atoms in total. The topological polar surface area (TPSA) is 32.3 Å². The fourth-order valence-corrected chi connectivity index (χ4v) is 2.54. The number of hydrogen-bond acceptors (Lipinski definition) is 2. The smallest absolute Gasteiger partial charge is 0.238 e. The van der Waals surface area contributed by atoms with Crippen LogP contribution in [0.2, 0.25) is 0 Å². The molecule has 0 aliphatic carbocycles. The molecule has 0 radical (unpaired) electrons. The zero-order valence-corrected chi connectivity index (χ0v) is 12.5. The third kappa shape index (κ3) is 4.28. The number of amides is 1. The van der Waals surface area contributed by atoms with Crippen molar-refractivity contribution in [2.45, 2.75) is 19.8 Å². The molecule has 5 heteroatoms. The van der Waals surface area contributed by atoms with Gasteiger partial charge >= 0.3 is 0 Å². The van der Waals surface area contributed by atoms with Crippen molar-refractivity contribution in [3.8, 4) is 0 Å². The lowest BCUT2D eigenvalue weighted by atomic mass is 9.99. The molecule has 1 heterocycles. The van der Waals surface area contributed by atoms with Crippen LogP contribution >= 0.6 is 15.9 Å². The van der Waals surface area contributed by atoms with Gasteiger partial charge in [-0.25, -0.2) is 4.39 Å². The molecule has 2 rings (SSSR count). The summed E-state index contributed by atoms with van der Waals surface area (Å²) in [5.74, 6) is 0.161. The second-order valence-corrected chi connectivity index (χ2v) is 6.05. The lowest BCUT2D eigenvalue weighted by Crippen LogP contribution is -2.38. The maximum atomic E-state index is 13.6. The largest absolute Gasteiger partial charge is 0.322 e. The molecule has 0 aromatic heterocycles. The summed E-state index contributed by atoms with van der Waals surface area (Å²) in [6.07, 6.45) is 2.25. The Morgan fingerprint density at radius 1 is 1.47 bits per heavy atom. The minimum atomic E-state index is -0.421. The summed E-state index contributed by atoms with van der Waals surface area (Å²) in [5.41, 5.74) is 0.235. The van der Waals surface area contributed by atoms with Crippen molar-refractivity contribution < 1.29 is 9.18 Å². The van der Waals surface area contributed by atoms with Crippen LogP contribution in [0.5, 0.6) is 0 Å². The van der Waals surface area contributed by atoms with Gasteiger partial charge in [0.05, 0.1) is 12.2 Å². The number of carbonyl (C=O) groups is 1. The van der Waals surface area contributed by atoms with Crippen LogP contribution in [-0.4, -0.2) is 30.4 Å². The highest BCUT2D eigenvalue weighted by molar-refractivity contribution is 9.10. The Morgan fingerprint density at radius 2 is 2.16 bits per heavy atom. The molecule has 1 N–H and O–H groups in total. The molecular weight excluding hydrogens is 311 g/mol. The Balaban J connectivity index is 1.87. The number of halogens is 2. The maximum Gasteiger partial charge on any atom is 0.238 e. The minimum Gasteiger partial charge on any atom is -0.322 e. The van der Waals surface area contributed by atoms with Crippen LogP contribution in [0.15, 0.2) is 22.7 Å². The van der Waals surface area contributed by atoms with Gasteiger partial charge in [-0.3, -0.25) is 9.69 Å². The van der Waals surface area contributed by atoms with E-state index in [0.29, 0.717) is 11.0 Å². The van der Waals surface area contributed by atoms with Gasteiger partial charge in [-0.2, -0.15) is 0 Å². The molecular formula is C14H18BrFN2O. The SMILES string of the molecule is CC1CCN(CC(=O)Nc2ccc(Br)cc2F)CC1. The van der Waals surface area contributed by atoms with Crippen molar-refractivity contribution in [3.63, 3.8) is 0 Å². The number of nitrogens with zero attached hydrogens (tertiary/aromatic N) is 1. The summed E-state index contributed by atoms with van der Waals surface area (Å²) in [6.45, 7) is 4.45. The van der Waals surface area contributed by atoms with E-state index in [4.69, 9.17) is 0 Å². The number of nitrogens with one attached hydrogen (secondary N) is 1. The van der Waals surface area contributed by atoms with Crippen molar-refractivity contribution >= 4 is 27.5 Å². The molecule has 1 aliphatic heterocycles. The predicted octanol–water partition coefficient (Wildman–Crippen LogP) is 3.26. The fraction of sp³-hybridized carbons (Fsp3) is 0.500. The predicted molar refractivity (Wildman–Crippen MR) is 77.6 cm³/mol. The molecule has 1 aromatic carbocycles. The Hall–Kier alpha value is -0.940. The molecule has 0 spiro atoms. The summed E-state index contributed by atoms with van der Waals surface area (Å²) in [6, 6.07) is 4.62. The number of anilines is 1. The van der Waals surface area contributed by atoms with Crippen LogP contribution in [0.4, 0.5) is 10.1 Å². The van der Waals surface area contributed by atoms with Crippen LogP contribution in [0.25, 0.3) is 0 Å². The first-order valence-corrected chi connectivity index (χ1v) is 7.31. The number of benzene rings is 1. The third-order valence-corrected chi connectivity index (χ3v) is 3.94. The van der Waals surface area contributed by atoms with Gasteiger partial charge in [0.15, 0.2) is 0 Å². The van der Waals surface area contributed by atoms with Crippen LogP contribution < -0.4 is 5.32 Å². The summed E-state index contributed by atoms with van der Waals surface area (Å²) in [5, 5.41) is 2.62. The molecule has 0 bridgehead atoms. The Kier molecular flexibility index (Phi) is 4.93. The standard InChI is InChI=1S/C14H18BrFN2O/c1-10-4-6-18(7-5-10)9-14(19)17-13-3-2-11(15)8-12(13)16/h2-3,8,10H,4-7,9H2,1H3,(H,17,19). The molecule has 1 fully saturated rings. The van der Waals surface area contributed by atoms with Gasteiger partial charge in [-0.15, -0.1) is 0 Å². The highest BCUT2D eigenvalue weighted by atomic mass is 79.9. The zero-order chi connectivity index (χ0) is 13.8. The van der Waals surface area contributed by atoms with Crippen molar-refractivity contribution in [2.24, 2.45) is 5.92 Å². The van der Waals surface area contributed by atoms with Gasteiger partial charge < -0.3 is 5.32 Å². The number of hydrogen-bond donors (Lipinski definition) is 1. The molecule has 19 heavy (non-hydrogen) atoms. The minimum absolute atomic E-state index is 0.157. The number of likely N-dealkylation sites (tertiary alicyclic amines) is 1. The van der Waals surface area contributed by atoms with E-state index < -0.39 is 5.82 Å². The van der Waals surface area contributed by atoms with Crippen molar-refractivity contribution in [1.82, 2.24) is 4.90 Å². The van der Waals surface area contributed by atoms with E-state index in [1.54, 1.807) is 12.1 Å². The lowest BCUT2D eigenvalue weighted by molar-refractivity contribution is -0.117. The van der Waals surface area contributed by atoms with Crippen molar-refractivity contribution in [3.05, 3.63) is 28.5 Å². The normalized spacial score (nSPS) is 17.4. The van der Waals surface area contributed by atoms with Crippen molar-refractivity contribution in [1.29, 1.82) is 0 Å². The second-order valence-electron chi connectivity index (χ2n) is 5.13. The quantitative estimate of drug-likeness (QED) is 0.923. The molecule has 1 aromatic rings. The molecule has 1 saturated heterocycles. The Bertz CT molecular complexity index is 459. The van der Waals surface area contributed by atoms with Gasteiger partial charge in [0.2, 0.25) is 5.91 Å². The fourth-order valence-electron chi connectivity index (χ4n) is 2.20. The number of rotatable bonds is 3. The van der Waals surface area contributed by atoms with Crippen LogP contribution in [-0.2, 0) is 4.79 Å². The molecule has 1 amide bonds. The van der Waals surface area contributed by atoms with Crippen LogP contribution in [0, 0.1) is 11.7 Å². The highest BCUT2D eigenvalue weighted by Crippen LogP contribution is 2.20. The average molecular weight is 329 g/mol. The monoisotopic (exact) mass is 328 g/mol. The Morgan fingerprint density at radius 3 is 2.79 bits per heavy atom.